The normalized spacial score (nSPS) is 21.8. The van der Waals surface area contributed by atoms with Gasteiger partial charge in [0, 0.05) is 0 Å². The van der Waals surface area contributed by atoms with E-state index in [-0.39, 0.29) is 6.42 Å². The predicted molar refractivity (Wildman–Crippen MR) is 238 cm³/mol. The van der Waals surface area contributed by atoms with Crippen LogP contribution < -0.4 is 5.32 Å². The number of unbranched alkanes of at least 4 members (excludes halogenated alkanes) is 27. The largest absolute Gasteiger partial charge is 0.394 e. The van der Waals surface area contributed by atoms with Crippen molar-refractivity contribution >= 4 is 5.91 Å². The van der Waals surface area contributed by atoms with Gasteiger partial charge >= 0.3 is 0 Å². The molecule has 0 spiro atoms. The number of carbonyl (C=O) groups is 1. The van der Waals surface area contributed by atoms with Gasteiger partial charge in [0.25, 0.3) is 0 Å². The molecule has 1 fully saturated rings. The maximum atomic E-state index is 13.1. The number of allylic oxidation sites excluding steroid dienone is 2. The lowest BCUT2D eigenvalue weighted by Crippen LogP contribution is -2.60. The fourth-order valence-electron chi connectivity index (χ4n) is 7.96. The molecule has 1 saturated heterocycles. The minimum absolute atomic E-state index is 0.255. The highest BCUT2D eigenvalue weighted by molar-refractivity contribution is 5.80. The average molecular weight is 844 g/mol. The van der Waals surface area contributed by atoms with Crippen molar-refractivity contribution in [2.45, 2.75) is 274 Å². The van der Waals surface area contributed by atoms with Crippen molar-refractivity contribution in [2.24, 2.45) is 0 Å². The second kappa shape index (κ2) is 38.5. The van der Waals surface area contributed by atoms with Crippen LogP contribution in [0.5, 0.6) is 0 Å². The van der Waals surface area contributed by atoms with Gasteiger partial charge in [-0.05, 0) is 38.5 Å². The number of nitrogens with one attached hydrogen (secondary N) is 1. The molecule has 9 unspecified atom stereocenters. The molecule has 350 valence electrons. The maximum Gasteiger partial charge on any atom is 0.249 e. The summed E-state index contributed by atoms with van der Waals surface area (Å²) in [5, 5.41) is 75.8. The summed E-state index contributed by atoms with van der Waals surface area (Å²) in [6.07, 6.45) is 29.6. The van der Waals surface area contributed by atoms with Crippen molar-refractivity contribution in [3.63, 3.8) is 0 Å². The molecular weight excluding hydrogens is 751 g/mol. The van der Waals surface area contributed by atoms with Gasteiger partial charge in [-0.1, -0.05) is 193 Å². The zero-order chi connectivity index (χ0) is 43.4. The lowest BCUT2D eigenvalue weighted by Gasteiger charge is -2.40. The minimum atomic E-state index is -1.66. The van der Waals surface area contributed by atoms with Gasteiger partial charge in [-0.3, -0.25) is 4.79 Å². The van der Waals surface area contributed by atoms with Crippen LogP contribution in [0, 0.1) is 0 Å². The van der Waals surface area contributed by atoms with Gasteiger partial charge in [-0.2, -0.15) is 0 Å². The smallest absolute Gasteiger partial charge is 0.249 e. The summed E-state index contributed by atoms with van der Waals surface area (Å²) in [5.74, 6) is -0.701. The first kappa shape index (κ1) is 55.9. The molecule has 0 bridgehead atoms. The van der Waals surface area contributed by atoms with Gasteiger partial charge in [0.2, 0.25) is 5.91 Å². The predicted octanol–water partition coefficient (Wildman–Crippen LogP) is 8.45. The van der Waals surface area contributed by atoms with E-state index >= 15 is 0 Å². The Balaban J connectivity index is 2.42. The average Bonchev–Trinajstić information content (AvgIpc) is 3.23. The third kappa shape index (κ3) is 28.2. The number of hydrogen-bond donors (Lipinski definition) is 8. The van der Waals surface area contributed by atoms with Crippen LogP contribution in [0.3, 0.4) is 0 Å². The Kier molecular flexibility index (Phi) is 36.5. The molecule has 1 aliphatic rings. The molecule has 11 nitrogen and oxygen atoms in total. The monoisotopic (exact) mass is 844 g/mol. The van der Waals surface area contributed by atoms with Crippen LogP contribution >= 0.6 is 0 Å². The summed E-state index contributed by atoms with van der Waals surface area (Å²) >= 11 is 0. The molecule has 59 heavy (non-hydrogen) atoms. The minimum Gasteiger partial charge on any atom is -0.394 e. The Labute approximate surface area is 360 Å². The molecule has 1 heterocycles. The molecule has 0 aliphatic carbocycles. The molecule has 0 aromatic rings. The van der Waals surface area contributed by atoms with Crippen molar-refractivity contribution in [2.75, 3.05) is 13.2 Å². The standard InChI is InChI=1S/C48H93NO10/c1-3-5-7-9-11-13-15-17-19-20-21-22-24-25-27-29-31-33-35-40(51)43(53)39(38-58-48-46(56)45(55)44(54)42(37-50)59-48)49-47(57)41(52)36-34-32-30-28-26-23-18-16-14-12-10-8-6-4-2/h14,16,39-46,48,50-56H,3-13,15,17-38H2,1-2H3,(H,49,57)/b16-14-. The summed E-state index contributed by atoms with van der Waals surface area (Å²) in [5.41, 5.74) is 0. The van der Waals surface area contributed by atoms with E-state index in [1.807, 2.05) is 0 Å². The first-order valence-corrected chi connectivity index (χ1v) is 24.6. The summed E-state index contributed by atoms with van der Waals surface area (Å²) in [7, 11) is 0. The fraction of sp³-hybridized carbons (Fsp3) is 0.938. The lowest BCUT2D eigenvalue weighted by atomic mass is 9.98. The third-order valence-electron chi connectivity index (χ3n) is 12.1. The van der Waals surface area contributed by atoms with Crippen molar-refractivity contribution in [1.82, 2.24) is 5.32 Å². The SMILES string of the molecule is CCCCCC/C=C\CCCCCCCCC(O)C(=O)NC(COC1OC(CO)C(O)C(O)C1O)C(O)C(O)CCCCCCCCCCCCCCCCCCCC. The molecule has 8 N–H and O–H groups in total. The summed E-state index contributed by atoms with van der Waals surface area (Å²) < 4.78 is 11.1. The maximum absolute atomic E-state index is 13.1. The highest BCUT2D eigenvalue weighted by Gasteiger charge is 2.44. The molecule has 1 rings (SSSR count). The Hall–Kier alpha value is -1.15. The van der Waals surface area contributed by atoms with Crippen LogP contribution in [0.25, 0.3) is 0 Å². The van der Waals surface area contributed by atoms with Gasteiger partial charge in [0.1, 0.15) is 36.6 Å². The second-order valence-electron chi connectivity index (χ2n) is 17.5. The van der Waals surface area contributed by atoms with Crippen LogP contribution in [-0.4, -0.2) is 110 Å². The van der Waals surface area contributed by atoms with E-state index in [0.717, 1.165) is 57.8 Å². The Morgan fingerprint density at radius 1 is 0.576 bits per heavy atom. The van der Waals surface area contributed by atoms with E-state index in [1.54, 1.807) is 0 Å². The van der Waals surface area contributed by atoms with E-state index in [4.69, 9.17) is 9.47 Å². The van der Waals surface area contributed by atoms with E-state index in [1.165, 1.54) is 122 Å². The molecule has 9 atom stereocenters. The van der Waals surface area contributed by atoms with Gasteiger partial charge in [-0.25, -0.2) is 0 Å². The Morgan fingerprint density at radius 3 is 1.44 bits per heavy atom. The first-order chi connectivity index (χ1) is 28.7. The van der Waals surface area contributed by atoms with Gasteiger partial charge in [-0.15, -0.1) is 0 Å². The molecule has 0 aromatic carbocycles. The van der Waals surface area contributed by atoms with Crippen molar-refractivity contribution < 1.29 is 50.0 Å². The van der Waals surface area contributed by atoms with E-state index < -0.39 is 74.2 Å². The molecule has 1 amide bonds. The van der Waals surface area contributed by atoms with Crippen LogP contribution in [0.2, 0.25) is 0 Å². The van der Waals surface area contributed by atoms with Crippen LogP contribution in [0.15, 0.2) is 12.2 Å². The number of aliphatic hydroxyl groups excluding tert-OH is 7. The zero-order valence-electron chi connectivity index (χ0n) is 37.7. The van der Waals surface area contributed by atoms with E-state index in [9.17, 15) is 40.5 Å². The molecular formula is C48H93NO10. The topological polar surface area (TPSA) is 189 Å². The zero-order valence-corrected chi connectivity index (χ0v) is 37.7. The number of ether oxygens (including phenoxy) is 2. The quantitative estimate of drug-likeness (QED) is 0.0219. The summed E-state index contributed by atoms with van der Waals surface area (Å²) in [6, 6.07) is -1.17. The van der Waals surface area contributed by atoms with Crippen LogP contribution in [0.4, 0.5) is 0 Å². The van der Waals surface area contributed by atoms with Crippen molar-refractivity contribution in [3.8, 4) is 0 Å². The lowest BCUT2D eigenvalue weighted by molar-refractivity contribution is -0.303. The van der Waals surface area contributed by atoms with Gasteiger partial charge < -0.3 is 50.5 Å². The highest BCUT2D eigenvalue weighted by Crippen LogP contribution is 2.23. The van der Waals surface area contributed by atoms with Crippen molar-refractivity contribution in [1.29, 1.82) is 0 Å². The Morgan fingerprint density at radius 2 is 0.983 bits per heavy atom. The molecule has 0 saturated carbocycles. The number of hydrogen-bond acceptors (Lipinski definition) is 10. The van der Waals surface area contributed by atoms with Crippen LogP contribution in [-0.2, 0) is 14.3 Å². The third-order valence-corrected chi connectivity index (χ3v) is 12.1. The van der Waals surface area contributed by atoms with E-state index in [2.05, 4.69) is 31.3 Å². The second-order valence-corrected chi connectivity index (χ2v) is 17.5. The van der Waals surface area contributed by atoms with E-state index in [0.29, 0.717) is 19.3 Å². The van der Waals surface area contributed by atoms with Crippen molar-refractivity contribution in [3.05, 3.63) is 12.2 Å². The number of aliphatic hydroxyl groups is 7. The molecule has 0 radical (unpaired) electrons. The molecule has 0 aromatic heterocycles. The van der Waals surface area contributed by atoms with Gasteiger partial charge in [0.15, 0.2) is 6.29 Å². The van der Waals surface area contributed by atoms with Crippen LogP contribution in [0.1, 0.15) is 219 Å². The Bertz CT molecular complexity index is 970. The first-order valence-electron chi connectivity index (χ1n) is 24.6. The highest BCUT2D eigenvalue weighted by atomic mass is 16.7. The van der Waals surface area contributed by atoms with Gasteiger partial charge in [0.05, 0.1) is 25.4 Å². The summed E-state index contributed by atoms with van der Waals surface area (Å²) in [4.78, 5) is 13.1. The fourth-order valence-corrected chi connectivity index (χ4v) is 7.96. The number of carbonyl (C=O) groups excluding carboxylic acids is 1. The molecule has 1 aliphatic heterocycles. The molecule has 11 heteroatoms. The number of amides is 1. The number of rotatable bonds is 41. The summed E-state index contributed by atoms with van der Waals surface area (Å²) in [6.45, 7) is 3.44.